The van der Waals surface area contributed by atoms with Crippen LogP contribution in [-0.4, -0.2) is 28.3 Å². The maximum Gasteiger partial charge on any atom is 0.204 e. The quantitative estimate of drug-likeness (QED) is 0.845. The van der Waals surface area contributed by atoms with E-state index in [4.69, 9.17) is 0 Å². The van der Waals surface area contributed by atoms with E-state index in [1.54, 1.807) is 12.1 Å². The fraction of sp³-hybridized carbons (Fsp3) is 0.333. The van der Waals surface area contributed by atoms with Crippen LogP contribution < -0.4 is 0 Å². The standard InChI is InChI=1S/C12H14O4S2/c1-3-17(13,14)8-11-7-10-6-9(2)4-5-12(10)18(11,15)16/h4-7H,3,8H2,1-2H3. The first-order valence-corrected chi connectivity index (χ1v) is 8.83. The molecule has 0 unspecified atom stereocenters. The summed E-state index contributed by atoms with van der Waals surface area (Å²) in [7, 11) is -6.97. The molecule has 0 aliphatic carbocycles. The van der Waals surface area contributed by atoms with Crippen molar-refractivity contribution < 1.29 is 16.8 Å². The van der Waals surface area contributed by atoms with Gasteiger partial charge in [-0.15, -0.1) is 0 Å². The molecular weight excluding hydrogens is 272 g/mol. The highest BCUT2D eigenvalue weighted by atomic mass is 32.2. The van der Waals surface area contributed by atoms with Gasteiger partial charge in [0.05, 0.1) is 15.6 Å². The average Bonchev–Trinajstić information content (AvgIpc) is 2.49. The van der Waals surface area contributed by atoms with Crippen molar-refractivity contribution in [2.75, 3.05) is 11.5 Å². The van der Waals surface area contributed by atoms with Gasteiger partial charge in [0, 0.05) is 5.75 Å². The van der Waals surface area contributed by atoms with Crippen molar-refractivity contribution in [2.45, 2.75) is 18.7 Å². The van der Waals surface area contributed by atoms with Gasteiger partial charge in [-0.25, -0.2) is 16.8 Å². The molecule has 18 heavy (non-hydrogen) atoms. The van der Waals surface area contributed by atoms with Crippen LogP contribution in [0.5, 0.6) is 0 Å². The fourth-order valence-electron chi connectivity index (χ4n) is 1.86. The van der Waals surface area contributed by atoms with E-state index in [2.05, 4.69) is 0 Å². The number of rotatable bonds is 3. The lowest BCUT2D eigenvalue weighted by molar-refractivity contribution is 0.594. The highest BCUT2D eigenvalue weighted by Crippen LogP contribution is 2.33. The normalized spacial score (nSPS) is 17.3. The Morgan fingerprint density at radius 1 is 1.22 bits per heavy atom. The van der Waals surface area contributed by atoms with E-state index in [0.29, 0.717) is 5.56 Å². The zero-order chi connectivity index (χ0) is 13.6. The smallest absolute Gasteiger partial charge is 0.204 e. The van der Waals surface area contributed by atoms with E-state index >= 15 is 0 Å². The van der Waals surface area contributed by atoms with E-state index in [1.165, 1.54) is 19.1 Å². The first kappa shape index (κ1) is 13.3. The van der Waals surface area contributed by atoms with Crippen molar-refractivity contribution in [1.82, 2.24) is 0 Å². The van der Waals surface area contributed by atoms with Crippen LogP contribution in [0.2, 0.25) is 0 Å². The second kappa shape index (κ2) is 4.20. The summed E-state index contributed by atoms with van der Waals surface area (Å²) in [5.74, 6) is -0.477. The minimum atomic E-state index is -3.62. The highest BCUT2D eigenvalue weighted by molar-refractivity contribution is 7.98. The maximum absolute atomic E-state index is 12.2. The fourth-order valence-corrected chi connectivity index (χ4v) is 4.98. The molecule has 1 aromatic rings. The molecule has 0 amide bonds. The lowest BCUT2D eigenvalue weighted by Gasteiger charge is -2.04. The zero-order valence-corrected chi connectivity index (χ0v) is 11.8. The van der Waals surface area contributed by atoms with Crippen LogP contribution in [0.25, 0.3) is 6.08 Å². The van der Waals surface area contributed by atoms with E-state index in [1.807, 2.05) is 6.92 Å². The molecule has 0 spiro atoms. The summed E-state index contributed by atoms with van der Waals surface area (Å²) in [5.41, 5.74) is 1.52. The van der Waals surface area contributed by atoms with Gasteiger partial charge in [-0.1, -0.05) is 24.6 Å². The third-order valence-electron chi connectivity index (χ3n) is 2.92. The summed E-state index contributed by atoms with van der Waals surface area (Å²) in [6.45, 7) is 3.37. The van der Waals surface area contributed by atoms with E-state index in [-0.39, 0.29) is 15.6 Å². The van der Waals surface area contributed by atoms with Crippen molar-refractivity contribution in [1.29, 1.82) is 0 Å². The molecule has 0 radical (unpaired) electrons. The van der Waals surface area contributed by atoms with Gasteiger partial charge >= 0.3 is 0 Å². The van der Waals surface area contributed by atoms with Crippen LogP contribution >= 0.6 is 0 Å². The third-order valence-corrected chi connectivity index (χ3v) is 6.64. The maximum atomic E-state index is 12.2. The SMILES string of the molecule is CCS(=O)(=O)CC1=Cc2cc(C)ccc2S1(=O)=O. The summed E-state index contributed by atoms with van der Waals surface area (Å²) in [4.78, 5) is 0.180. The molecule has 4 nitrogen and oxygen atoms in total. The van der Waals surface area contributed by atoms with E-state index in [9.17, 15) is 16.8 Å². The van der Waals surface area contributed by atoms with Crippen molar-refractivity contribution in [2.24, 2.45) is 0 Å². The number of sulfone groups is 2. The molecule has 98 valence electrons. The Bertz CT molecular complexity index is 725. The molecule has 1 heterocycles. The van der Waals surface area contributed by atoms with Crippen LogP contribution in [0.3, 0.4) is 0 Å². The second-order valence-corrected chi connectivity index (χ2v) is 8.66. The van der Waals surface area contributed by atoms with Gasteiger partial charge < -0.3 is 0 Å². The first-order valence-electron chi connectivity index (χ1n) is 5.53. The predicted molar refractivity (Wildman–Crippen MR) is 70.7 cm³/mol. The van der Waals surface area contributed by atoms with Gasteiger partial charge in [-0.05, 0) is 24.6 Å². The lowest BCUT2D eigenvalue weighted by atomic mass is 10.1. The Hall–Kier alpha value is -1.14. The molecule has 2 rings (SSSR count). The first-order chi connectivity index (χ1) is 8.26. The lowest BCUT2D eigenvalue weighted by Crippen LogP contribution is -2.14. The molecule has 1 aliphatic rings. The minimum absolute atomic E-state index is 0.0232. The van der Waals surface area contributed by atoms with Gasteiger partial charge in [0.15, 0.2) is 9.84 Å². The summed E-state index contributed by atoms with van der Waals surface area (Å²) in [6, 6.07) is 4.99. The minimum Gasteiger partial charge on any atom is -0.228 e. The van der Waals surface area contributed by atoms with Gasteiger partial charge in [0.2, 0.25) is 9.84 Å². The monoisotopic (exact) mass is 286 g/mol. The van der Waals surface area contributed by atoms with Crippen molar-refractivity contribution >= 4 is 25.8 Å². The zero-order valence-electron chi connectivity index (χ0n) is 10.2. The number of benzene rings is 1. The van der Waals surface area contributed by atoms with Crippen molar-refractivity contribution in [3.63, 3.8) is 0 Å². The summed E-state index contributed by atoms with van der Waals surface area (Å²) in [6.07, 6.45) is 1.46. The van der Waals surface area contributed by atoms with Gasteiger partial charge in [0.25, 0.3) is 0 Å². The summed E-state index contributed by atoms with van der Waals surface area (Å²) < 4.78 is 47.4. The number of aryl methyl sites for hydroxylation is 1. The number of fused-ring (bicyclic) bond motifs is 1. The number of hydrogen-bond acceptors (Lipinski definition) is 4. The summed E-state index contributed by atoms with van der Waals surface area (Å²) in [5, 5.41) is 0. The summed E-state index contributed by atoms with van der Waals surface area (Å²) >= 11 is 0. The molecule has 0 N–H and O–H groups in total. The van der Waals surface area contributed by atoms with Crippen molar-refractivity contribution in [3.8, 4) is 0 Å². The Morgan fingerprint density at radius 2 is 1.89 bits per heavy atom. The van der Waals surface area contributed by atoms with Crippen LogP contribution in [0.15, 0.2) is 28.0 Å². The molecule has 0 fully saturated rings. The molecule has 6 heteroatoms. The Kier molecular flexibility index (Phi) is 3.11. The van der Waals surface area contributed by atoms with Gasteiger partial charge in [-0.2, -0.15) is 0 Å². The molecule has 0 atom stereocenters. The second-order valence-electron chi connectivity index (χ2n) is 4.33. The molecule has 0 saturated carbocycles. The number of hydrogen-bond donors (Lipinski definition) is 0. The molecule has 1 aromatic carbocycles. The van der Waals surface area contributed by atoms with Crippen molar-refractivity contribution in [3.05, 3.63) is 34.2 Å². The topological polar surface area (TPSA) is 68.3 Å². The Balaban J connectivity index is 2.52. The highest BCUT2D eigenvalue weighted by Gasteiger charge is 2.31. The van der Waals surface area contributed by atoms with Crippen LogP contribution in [-0.2, 0) is 19.7 Å². The van der Waals surface area contributed by atoms with Crippen LogP contribution in [0.4, 0.5) is 0 Å². The molecule has 0 bridgehead atoms. The average molecular weight is 286 g/mol. The third kappa shape index (κ3) is 2.22. The van der Waals surface area contributed by atoms with Crippen LogP contribution in [0.1, 0.15) is 18.1 Å². The van der Waals surface area contributed by atoms with Gasteiger partial charge in [0.1, 0.15) is 0 Å². The predicted octanol–water partition coefficient (Wildman–Crippen LogP) is 1.56. The van der Waals surface area contributed by atoms with Gasteiger partial charge in [-0.3, -0.25) is 0 Å². The Morgan fingerprint density at radius 3 is 2.50 bits per heavy atom. The van der Waals surface area contributed by atoms with Crippen LogP contribution in [0, 0.1) is 6.92 Å². The molecule has 1 aliphatic heterocycles. The van der Waals surface area contributed by atoms with E-state index < -0.39 is 25.4 Å². The van der Waals surface area contributed by atoms with E-state index in [0.717, 1.165) is 5.56 Å². The largest absolute Gasteiger partial charge is 0.228 e. The molecule has 0 aromatic heterocycles. The molecular formula is C12H14O4S2. The Labute approximate surface area is 107 Å². The molecule has 0 saturated heterocycles.